The van der Waals surface area contributed by atoms with Gasteiger partial charge in [0.2, 0.25) is 0 Å². The van der Waals surface area contributed by atoms with Crippen LogP contribution in [0.3, 0.4) is 0 Å². The maximum Gasteiger partial charge on any atom is 0.277 e. The summed E-state index contributed by atoms with van der Waals surface area (Å²) in [6.45, 7) is 4.43. The smallest absolute Gasteiger partial charge is 0.277 e. The Bertz CT molecular complexity index is 1030. The van der Waals surface area contributed by atoms with Gasteiger partial charge in [0.1, 0.15) is 33.1 Å². The molecule has 0 saturated carbocycles. The number of piperazine rings is 1. The summed E-state index contributed by atoms with van der Waals surface area (Å²) in [5.74, 6) is -1.43. The van der Waals surface area contributed by atoms with Gasteiger partial charge in [0.05, 0.1) is 11.8 Å². The van der Waals surface area contributed by atoms with Crippen LogP contribution in [-0.4, -0.2) is 46.8 Å². The molecule has 8 nitrogen and oxygen atoms in total. The lowest BCUT2D eigenvalue weighted by molar-refractivity contribution is 0.102. The zero-order valence-corrected chi connectivity index (χ0v) is 16.3. The lowest BCUT2D eigenvalue weighted by Gasteiger charge is -2.35. The quantitative estimate of drug-likeness (QED) is 0.517. The van der Waals surface area contributed by atoms with E-state index in [0.29, 0.717) is 11.5 Å². The third kappa shape index (κ3) is 3.66. The molecule has 1 saturated heterocycles. The molecule has 11 heteroatoms. The number of H-pyrrole nitrogens is 1. The van der Waals surface area contributed by atoms with Crippen molar-refractivity contribution in [2.75, 3.05) is 35.6 Å². The van der Waals surface area contributed by atoms with E-state index in [1.165, 1.54) is 12.3 Å². The molecule has 1 atom stereocenters. The maximum atomic E-state index is 14.0. The molecule has 0 spiro atoms. The van der Waals surface area contributed by atoms with E-state index in [2.05, 4.69) is 37.6 Å². The van der Waals surface area contributed by atoms with E-state index in [1.807, 2.05) is 0 Å². The molecule has 152 valence electrons. The fourth-order valence-corrected chi connectivity index (χ4v) is 4.13. The SMILES string of the molecule is C[C@H]1CNCCN1c1[nH]ncc1NC(=O)c1nc(-c2c(F)cccc2F)sc1N. The molecule has 3 aromatic rings. The Morgan fingerprint density at radius 1 is 1.38 bits per heavy atom. The van der Waals surface area contributed by atoms with Gasteiger partial charge >= 0.3 is 0 Å². The number of nitrogen functional groups attached to an aromatic ring is 1. The number of aromatic nitrogens is 3. The summed E-state index contributed by atoms with van der Waals surface area (Å²) >= 11 is 0.853. The first-order chi connectivity index (χ1) is 14.0. The standard InChI is InChI=1S/C18H19F2N7OS/c1-9-7-22-5-6-27(9)16-12(8-23-26-16)24-17(28)14-15(21)29-18(25-14)13-10(19)3-2-4-11(13)20/h2-4,8-9,22H,5-7,21H2,1H3,(H,23,26)(H,24,28)/t9-/m0/s1. The van der Waals surface area contributed by atoms with Gasteiger partial charge in [0.25, 0.3) is 5.91 Å². The Morgan fingerprint density at radius 3 is 2.86 bits per heavy atom. The third-order valence-electron chi connectivity index (χ3n) is 4.70. The number of halogens is 2. The first-order valence-electron chi connectivity index (χ1n) is 8.98. The van der Waals surface area contributed by atoms with E-state index in [4.69, 9.17) is 5.73 Å². The largest absolute Gasteiger partial charge is 0.389 e. The highest BCUT2D eigenvalue weighted by molar-refractivity contribution is 7.19. The second-order valence-corrected chi connectivity index (χ2v) is 7.69. The summed E-state index contributed by atoms with van der Waals surface area (Å²) < 4.78 is 28.1. The van der Waals surface area contributed by atoms with Crippen molar-refractivity contribution in [3.8, 4) is 10.6 Å². The zero-order chi connectivity index (χ0) is 20.5. The van der Waals surface area contributed by atoms with Crippen LogP contribution >= 0.6 is 11.3 Å². The minimum absolute atomic E-state index is 0.00592. The lowest BCUT2D eigenvalue weighted by atomic mass is 10.2. The highest BCUT2D eigenvalue weighted by atomic mass is 32.1. The van der Waals surface area contributed by atoms with Crippen molar-refractivity contribution in [2.24, 2.45) is 0 Å². The van der Waals surface area contributed by atoms with Crippen LogP contribution < -0.4 is 21.3 Å². The number of thiazole rings is 1. The topological polar surface area (TPSA) is 112 Å². The van der Waals surface area contributed by atoms with Crippen LogP contribution in [-0.2, 0) is 0 Å². The molecule has 1 aliphatic rings. The second-order valence-electron chi connectivity index (χ2n) is 6.66. The van der Waals surface area contributed by atoms with Gasteiger partial charge in [0, 0.05) is 25.7 Å². The number of carbonyl (C=O) groups is 1. The predicted octanol–water partition coefficient (Wildman–Crippen LogP) is 2.44. The molecular weight excluding hydrogens is 400 g/mol. The molecule has 29 heavy (non-hydrogen) atoms. The highest BCUT2D eigenvalue weighted by Crippen LogP contribution is 2.34. The summed E-state index contributed by atoms with van der Waals surface area (Å²) in [5, 5.41) is 13.1. The number of nitrogens with two attached hydrogens (primary N) is 1. The molecule has 5 N–H and O–H groups in total. The number of benzene rings is 1. The van der Waals surface area contributed by atoms with Crippen molar-refractivity contribution < 1.29 is 13.6 Å². The van der Waals surface area contributed by atoms with Gasteiger partial charge in [-0.25, -0.2) is 13.8 Å². The molecule has 1 amide bonds. The van der Waals surface area contributed by atoms with Gasteiger partial charge in [0.15, 0.2) is 5.69 Å². The van der Waals surface area contributed by atoms with Crippen molar-refractivity contribution in [2.45, 2.75) is 13.0 Å². The normalized spacial score (nSPS) is 16.8. The first kappa shape index (κ1) is 19.3. The zero-order valence-electron chi connectivity index (χ0n) is 15.5. The average molecular weight is 419 g/mol. The summed E-state index contributed by atoms with van der Waals surface area (Å²) in [4.78, 5) is 18.9. The van der Waals surface area contributed by atoms with Gasteiger partial charge in [-0.2, -0.15) is 5.10 Å². The number of aromatic amines is 1. The summed E-state index contributed by atoms with van der Waals surface area (Å²) in [6, 6.07) is 3.72. The van der Waals surface area contributed by atoms with E-state index >= 15 is 0 Å². The number of nitrogens with one attached hydrogen (secondary N) is 3. The Kier molecular flexibility index (Phi) is 5.16. The summed E-state index contributed by atoms with van der Waals surface area (Å²) in [7, 11) is 0. The van der Waals surface area contributed by atoms with E-state index in [1.54, 1.807) is 0 Å². The van der Waals surface area contributed by atoms with Crippen molar-refractivity contribution in [1.29, 1.82) is 0 Å². The van der Waals surface area contributed by atoms with E-state index in [0.717, 1.165) is 43.1 Å². The average Bonchev–Trinajstić information content (AvgIpc) is 3.28. The van der Waals surface area contributed by atoms with Crippen LogP contribution in [0, 0.1) is 11.6 Å². The Morgan fingerprint density at radius 2 is 2.14 bits per heavy atom. The number of rotatable bonds is 4. The third-order valence-corrected chi connectivity index (χ3v) is 5.60. The summed E-state index contributed by atoms with van der Waals surface area (Å²) in [5.41, 5.74) is 6.01. The van der Waals surface area contributed by atoms with Gasteiger partial charge in [-0.3, -0.25) is 9.89 Å². The molecule has 0 radical (unpaired) electrons. The lowest BCUT2D eigenvalue weighted by Crippen LogP contribution is -2.50. The van der Waals surface area contributed by atoms with Crippen molar-refractivity contribution in [3.63, 3.8) is 0 Å². The van der Waals surface area contributed by atoms with Gasteiger partial charge in [-0.1, -0.05) is 17.4 Å². The van der Waals surface area contributed by atoms with Gasteiger partial charge < -0.3 is 21.3 Å². The monoisotopic (exact) mass is 419 g/mol. The predicted molar refractivity (Wildman–Crippen MR) is 108 cm³/mol. The molecule has 1 fully saturated rings. The maximum absolute atomic E-state index is 14.0. The van der Waals surface area contributed by atoms with E-state index in [-0.39, 0.29) is 27.3 Å². The van der Waals surface area contributed by atoms with Crippen LogP contribution in [0.25, 0.3) is 10.6 Å². The van der Waals surface area contributed by atoms with Crippen LogP contribution in [0.4, 0.5) is 25.3 Å². The van der Waals surface area contributed by atoms with E-state index in [9.17, 15) is 13.6 Å². The van der Waals surface area contributed by atoms with Gasteiger partial charge in [-0.05, 0) is 19.1 Å². The molecule has 4 rings (SSSR count). The van der Waals surface area contributed by atoms with Crippen LogP contribution in [0.2, 0.25) is 0 Å². The van der Waals surface area contributed by atoms with Crippen molar-refractivity contribution >= 4 is 33.8 Å². The molecule has 1 aromatic carbocycles. The molecule has 0 bridgehead atoms. The number of amides is 1. The molecule has 0 unspecified atom stereocenters. The number of anilines is 3. The minimum Gasteiger partial charge on any atom is -0.389 e. The first-order valence-corrected chi connectivity index (χ1v) is 9.80. The minimum atomic E-state index is -0.768. The fourth-order valence-electron chi connectivity index (χ4n) is 3.25. The highest BCUT2D eigenvalue weighted by Gasteiger charge is 2.25. The van der Waals surface area contributed by atoms with Crippen LogP contribution in [0.5, 0.6) is 0 Å². The Labute approximate surface area is 169 Å². The number of nitrogens with zero attached hydrogens (tertiary/aromatic N) is 3. The Balaban J connectivity index is 1.59. The molecule has 3 heterocycles. The molecule has 0 aliphatic carbocycles. The van der Waals surface area contributed by atoms with Crippen LogP contribution in [0.1, 0.15) is 17.4 Å². The van der Waals surface area contributed by atoms with Crippen molar-refractivity contribution in [1.82, 2.24) is 20.5 Å². The van der Waals surface area contributed by atoms with Crippen molar-refractivity contribution in [3.05, 3.63) is 41.7 Å². The second kappa shape index (κ2) is 7.76. The molecular formula is C18H19F2N7OS. The number of hydrogen-bond acceptors (Lipinski definition) is 7. The van der Waals surface area contributed by atoms with Crippen LogP contribution in [0.15, 0.2) is 24.4 Å². The molecule has 2 aromatic heterocycles. The van der Waals surface area contributed by atoms with E-state index < -0.39 is 17.5 Å². The Hall–Kier alpha value is -3.05. The fraction of sp³-hybridized carbons (Fsp3) is 0.278. The summed E-state index contributed by atoms with van der Waals surface area (Å²) in [6.07, 6.45) is 1.50. The number of hydrogen-bond donors (Lipinski definition) is 4. The molecule has 1 aliphatic heterocycles. The van der Waals surface area contributed by atoms with Gasteiger partial charge in [-0.15, -0.1) is 0 Å². The number of carbonyl (C=O) groups excluding carboxylic acids is 1.